The number of rotatable bonds is 4. The number of halogens is 1. The summed E-state index contributed by atoms with van der Waals surface area (Å²) in [6.07, 6.45) is 5.11. The fourth-order valence-corrected chi connectivity index (χ4v) is 3.18. The fourth-order valence-electron chi connectivity index (χ4n) is 3.18. The highest BCUT2D eigenvalue weighted by Crippen LogP contribution is 2.28. The van der Waals surface area contributed by atoms with Crippen molar-refractivity contribution >= 4 is 16.6 Å². The van der Waals surface area contributed by atoms with Gasteiger partial charge in [0.15, 0.2) is 0 Å². The Balaban J connectivity index is 1.62. The Labute approximate surface area is 157 Å². The monoisotopic (exact) mass is 358 g/mol. The molecule has 1 atom stereocenters. The number of hydrogen-bond acceptors (Lipinski definition) is 4. The standard InChI is InChI=1S/C22H19FN4/c1-14-9-22(20-10-19(23)7-8-21(20)26-14)27-15(2)16-3-5-17(6-4-16)18-11-24-13-25-12-18/h3-13,15H,1-2H3,(H,26,27). The number of aryl methyl sites for hydroxylation is 1. The van der Waals surface area contributed by atoms with Gasteiger partial charge in [-0.25, -0.2) is 14.4 Å². The molecule has 0 aliphatic carbocycles. The Bertz CT molecular complexity index is 1080. The van der Waals surface area contributed by atoms with Crippen LogP contribution in [-0.4, -0.2) is 15.0 Å². The maximum Gasteiger partial charge on any atom is 0.124 e. The molecule has 0 saturated carbocycles. The van der Waals surface area contributed by atoms with Crippen molar-refractivity contribution in [2.45, 2.75) is 19.9 Å². The van der Waals surface area contributed by atoms with Crippen molar-refractivity contribution in [3.8, 4) is 11.1 Å². The quantitative estimate of drug-likeness (QED) is 0.537. The molecule has 4 rings (SSSR count). The molecule has 0 radical (unpaired) electrons. The number of nitrogens with one attached hydrogen (secondary N) is 1. The van der Waals surface area contributed by atoms with Gasteiger partial charge in [-0.05, 0) is 49.2 Å². The second kappa shape index (κ2) is 7.11. The molecule has 0 fully saturated rings. The molecule has 2 aromatic carbocycles. The zero-order valence-electron chi connectivity index (χ0n) is 15.1. The Kier molecular flexibility index (Phi) is 4.50. The first kappa shape index (κ1) is 17.1. The molecule has 134 valence electrons. The molecule has 2 aromatic heterocycles. The van der Waals surface area contributed by atoms with E-state index in [0.717, 1.165) is 39.0 Å². The van der Waals surface area contributed by atoms with Crippen LogP contribution in [0.25, 0.3) is 22.0 Å². The number of hydrogen-bond donors (Lipinski definition) is 1. The first-order valence-electron chi connectivity index (χ1n) is 8.79. The summed E-state index contributed by atoms with van der Waals surface area (Å²) >= 11 is 0. The van der Waals surface area contributed by atoms with Crippen molar-refractivity contribution in [3.05, 3.63) is 84.3 Å². The van der Waals surface area contributed by atoms with E-state index in [-0.39, 0.29) is 11.9 Å². The average Bonchev–Trinajstić information content (AvgIpc) is 2.69. The maximum absolute atomic E-state index is 13.7. The number of benzene rings is 2. The van der Waals surface area contributed by atoms with E-state index in [1.54, 1.807) is 18.5 Å². The van der Waals surface area contributed by atoms with Crippen molar-refractivity contribution < 1.29 is 4.39 Å². The van der Waals surface area contributed by atoms with Crippen molar-refractivity contribution in [3.63, 3.8) is 0 Å². The third-order valence-electron chi connectivity index (χ3n) is 4.58. The molecule has 5 heteroatoms. The number of anilines is 1. The van der Waals surface area contributed by atoms with Crippen LogP contribution in [-0.2, 0) is 0 Å². The molecule has 0 aliphatic rings. The summed E-state index contributed by atoms with van der Waals surface area (Å²) < 4.78 is 13.7. The van der Waals surface area contributed by atoms with Gasteiger partial charge < -0.3 is 5.32 Å². The van der Waals surface area contributed by atoms with Crippen molar-refractivity contribution in [1.29, 1.82) is 0 Å². The van der Waals surface area contributed by atoms with Crippen LogP contribution in [0.15, 0.2) is 67.3 Å². The molecule has 0 bridgehead atoms. The Morgan fingerprint density at radius 1 is 0.926 bits per heavy atom. The molecular formula is C22H19FN4. The summed E-state index contributed by atoms with van der Waals surface area (Å²) in [5, 5.41) is 4.28. The summed E-state index contributed by atoms with van der Waals surface area (Å²) in [5.74, 6) is -0.265. The molecule has 0 spiro atoms. The number of pyridine rings is 1. The normalized spacial score (nSPS) is 12.1. The van der Waals surface area contributed by atoms with Crippen LogP contribution in [0.5, 0.6) is 0 Å². The van der Waals surface area contributed by atoms with Gasteiger partial charge in [0.05, 0.1) is 5.52 Å². The van der Waals surface area contributed by atoms with Gasteiger partial charge in [-0.3, -0.25) is 4.98 Å². The summed E-state index contributed by atoms with van der Waals surface area (Å²) in [4.78, 5) is 12.6. The van der Waals surface area contributed by atoms with Gasteiger partial charge in [0.2, 0.25) is 0 Å². The average molecular weight is 358 g/mol. The highest BCUT2D eigenvalue weighted by atomic mass is 19.1. The lowest BCUT2D eigenvalue weighted by Crippen LogP contribution is -2.07. The van der Waals surface area contributed by atoms with Crippen LogP contribution >= 0.6 is 0 Å². The van der Waals surface area contributed by atoms with E-state index in [2.05, 4.69) is 51.5 Å². The van der Waals surface area contributed by atoms with Crippen LogP contribution < -0.4 is 5.32 Å². The van der Waals surface area contributed by atoms with Crippen LogP contribution in [0.2, 0.25) is 0 Å². The molecule has 27 heavy (non-hydrogen) atoms. The van der Waals surface area contributed by atoms with Crippen molar-refractivity contribution in [1.82, 2.24) is 15.0 Å². The molecule has 2 heterocycles. The van der Waals surface area contributed by atoms with E-state index >= 15 is 0 Å². The second-order valence-corrected chi connectivity index (χ2v) is 6.59. The van der Waals surface area contributed by atoms with Gasteiger partial charge in [0.25, 0.3) is 0 Å². The fraction of sp³-hybridized carbons (Fsp3) is 0.136. The first-order valence-corrected chi connectivity index (χ1v) is 8.79. The summed E-state index contributed by atoms with van der Waals surface area (Å²) in [5.41, 5.74) is 5.74. The molecule has 4 aromatic rings. The number of nitrogens with zero attached hydrogens (tertiary/aromatic N) is 3. The van der Waals surface area contributed by atoms with E-state index in [0.29, 0.717) is 0 Å². The Morgan fingerprint density at radius 2 is 1.67 bits per heavy atom. The van der Waals surface area contributed by atoms with E-state index in [1.165, 1.54) is 18.5 Å². The highest BCUT2D eigenvalue weighted by molar-refractivity contribution is 5.91. The predicted molar refractivity (Wildman–Crippen MR) is 106 cm³/mol. The molecular weight excluding hydrogens is 339 g/mol. The van der Waals surface area contributed by atoms with Crippen LogP contribution in [0.1, 0.15) is 24.2 Å². The molecule has 0 aliphatic heterocycles. The predicted octanol–water partition coefficient (Wildman–Crippen LogP) is 5.31. The minimum Gasteiger partial charge on any atom is -0.378 e. The van der Waals surface area contributed by atoms with Gasteiger partial charge in [-0.2, -0.15) is 0 Å². The Hall–Kier alpha value is -3.34. The summed E-state index contributed by atoms with van der Waals surface area (Å²) in [6.45, 7) is 4.02. The zero-order chi connectivity index (χ0) is 18.8. The molecule has 4 nitrogen and oxygen atoms in total. The molecule has 1 unspecified atom stereocenters. The van der Waals surface area contributed by atoms with Crippen molar-refractivity contribution in [2.75, 3.05) is 5.32 Å². The van der Waals surface area contributed by atoms with Gasteiger partial charge >= 0.3 is 0 Å². The SMILES string of the molecule is Cc1cc(NC(C)c2ccc(-c3cncnc3)cc2)c2cc(F)ccc2n1. The van der Waals surface area contributed by atoms with Gasteiger partial charge in [-0.15, -0.1) is 0 Å². The second-order valence-electron chi connectivity index (χ2n) is 6.59. The third kappa shape index (κ3) is 3.62. The Morgan fingerprint density at radius 3 is 2.41 bits per heavy atom. The lowest BCUT2D eigenvalue weighted by Gasteiger charge is -2.18. The molecule has 0 amide bonds. The maximum atomic E-state index is 13.7. The molecule has 1 N–H and O–H groups in total. The minimum atomic E-state index is -0.265. The number of aromatic nitrogens is 3. The highest BCUT2D eigenvalue weighted by Gasteiger charge is 2.10. The van der Waals surface area contributed by atoms with Gasteiger partial charge in [0.1, 0.15) is 12.1 Å². The zero-order valence-corrected chi connectivity index (χ0v) is 15.1. The third-order valence-corrected chi connectivity index (χ3v) is 4.58. The first-order chi connectivity index (χ1) is 13.1. The number of fused-ring (bicyclic) bond motifs is 1. The lowest BCUT2D eigenvalue weighted by molar-refractivity contribution is 0.629. The van der Waals surface area contributed by atoms with Crippen LogP contribution in [0.3, 0.4) is 0 Å². The van der Waals surface area contributed by atoms with Crippen LogP contribution in [0.4, 0.5) is 10.1 Å². The van der Waals surface area contributed by atoms with E-state index in [9.17, 15) is 4.39 Å². The van der Waals surface area contributed by atoms with E-state index in [4.69, 9.17) is 0 Å². The van der Waals surface area contributed by atoms with Gasteiger partial charge in [-0.1, -0.05) is 24.3 Å². The van der Waals surface area contributed by atoms with E-state index < -0.39 is 0 Å². The smallest absolute Gasteiger partial charge is 0.124 e. The largest absolute Gasteiger partial charge is 0.378 e. The summed E-state index contributed by atoms with van der Waals surface area (Å²) in [7, 11) is 0. The topological polar surface area (TPSA) is 50.7 Å². The lowest BCUT2D eigenvalue weighted by atomic mass is 10.0. The summed E-state index contributed by atoms with van der Waals surface area (Å²) in [6, 6.07) is 15.0. The minimum absolute atomic E-state index is 0.0549. The van der Waals surface area contributed by atoms with Crippen LogP contribution in [0, 0.1) is 12.7 Å². The molecule has 0 saturated heterocycles. The van der Waals surface area contributed by atoms with Gasteiger partial charge in [0, 0.05) is 40.8 Å². The van der Waals surface area contributed by atoms with Crippen molar-refractivity contribution in [2.24, 2.45) is 0 Å². The van der Waals surface area contributed by atoms with E-state index in [1.807, 2.05) is 13.0 Å².